The molecule has 1 heterocycles. The molecule has 2 rings (SSSR count). The standard InChI is InChI=1S/C9H7ClN2/c1-6-11-8-5-3-2-4-7(8)9(10)12-6/h2-5H,1H3/i1D3. The molecular weight excluding hydrogens is 172 g/mol. The normalized spacial score (nSPS) is 15.2. The molecule has 0 N–H and O–H groups in total. The van der Waals surface area contributed by atoms with E-state index in [0.29, 0.717) is 10.9 Å². The van der Waals surface area contributed by atoms with Gasteiger partial charge in [-0.3, -0.25) is 0 Å². The first-order valence-electron chi connectivity index (χ1n) is 4.91. The van der Waals surface area contributed by atoms with Crippen molar-refractivity contribution in [2.45, 2.75) is 6.85 Å². The molecule has 0 amide bonds. The van der Waals surface area contributed by atoms with Gasteiger partial charge in [0, 0.05) is 9.50 Å². The molecule has 60 valence electrons. The number of nitrogens with zero attached hydrogens (tertiary/aromatic N) is 2. The van der Waals surface area contributed by atoms with Gasteiger partial charge in [0.1, 0.15) is 11.0 Å². The van der Waals surface area contributed by atoms with Crippen LogP contribution in [0, 0.1) is 6.85 Å². The largest absolute Gasteiger partial charge is 0.233 e. The summed E-state index contributed by atoms with van der Waals surface area (Å²) in [5, 5.41) is 0.832. The lowest BCUT2D eigenvalue weighted by atomic mass is 10.2. The molecule has 3 heteroatoms. The van der Waals surface area contributed by atoms with Gasteiger partial charge in [0.25, 0.3) is 0 Å². The number of aryl methyl sites for hydroxylation is 1. The van der Waals surface area contributed by atoms with Crippen LogP contribution in [0.5, 0.6) is 0 Å². The van der Waals surface area contributed by atoms with Crippen LogP contribution in [0.25, 0.3) is 10.9 Å². The maximum atomic E-state index is 7.19. The number of benzene rings is 1. The van der Waals surface area contributed by atoms with E-state index in [2.05, 4.69) is 9.97 Å². The molecule has 0 atom stereocenters. The van der Waals surface area contributed by atoms with Crippen LogP contribution in [0.4, 0.5) is 0 Å². The van der Waals surface area contributed by atoms with Crippen LogP contribution in [0.3, 0.4) is 0 Å². The monoisotopic (exact) mass is 181 g/mol. The molecule has 2 nitrogen and oxygen atoms in total. The third-order valence-electron chi connectivity index (χ3n) is 1.56. The van der Waals surface area contributed by atoms with E-state index in [4.69, 9.17) is 15.7 Å². The van der Waals surface area contributed by atoms with Crippen molar-refractivity contribution in [3.05, 3.63) is 35.2 Å². The third-order valence-corrected chi connectivity index (χ3v) is 1.84. The summed E-state index contributed by atoms with van der Waals surface area (Å²) in [5.41, 5.74) is 0.545. The van der Waals surface area contributed by atoms with Crippen LogP contribution in [0.2, 0.25) is 5.15 Å². The molecule has 0 aliphatic carbocycles. The fourth-order valence-corrected chi connectivity index (χ4v) is 1.28. The maximum Gasteiger partial charge on any atom is 0.140 e. The lowest BCUT2D eigenvalue weighted by molar-refractivity contribution is 1.09. The molecule has 0 radical (unpaired) electrons. The van der Waals surface area contributed by atoms with Gasteiger partial charge in [0.15, 0.2) is 0 Å². The molecule has 0 aliphatic rings. The Balaban J connectivity index is 2.73. The van der Waals surface area contributed by atoms with Crippen molar-refractivity contribution in [2.24, 2.45) is 0 Å². The highest BCUT2D eigenvalue weighted by atomic mass is 35.5. The second-order valence-corrected chi connectivity index (χ2v) is 2.71. The minimum atomic E-state index is -2.33. The van der Waals surface area contributed by atoms with Crippen LogP contribution in [-0.2, 0) is 0 Å². The van der Waals surface area contributed by atoms with E-state index in [9.17, 15) is 0 Å². The molecule has 0 saturated heterocycles. The summed E-state index contributed by atoms with van der Waals surface area (Å²) in [7, 11) is 0. The van der Waals surface area contributed by atoms with Crippen LogP contribution < -0.4 is 0 Å². The van der Waals surface area contributed by atoms with E-state index in [1.807, 2.05) is 0 Å². The zero-order valence-electron chi connectivity index (χ0n) is 9.08. The number of aromatic nitrogens is 2. The van der Waals surface area contributed by atoms with Crippen LogP contribution >= 0.6 is 11.6 Å². The fraction of sp³-hybridized carbons (Fsp3) is 0.111. The van der Waals surface area contributed by atoms with Crippen molar-refractivity contribution in [1.82, 2.24) is 9.97 Å². The Bertz CT molecular complexity index is 510. The molecule has 1 aromatic heterocycles. The summed E-state index contributed by atoms with van der Waals surface area (Å²) in [4.78, 5) is 7.71. The Labute approximate surface area is 79.4 Å². The second-order valence-electron chi connectivity index (χ2n) is 2.36. The first-order valence-corrected chi connectivity index (χ1v) is 3.79. The Morgan fingerprint density at radius 3 is 3.00 bits per heavy atom. The number of hydrogen-bond acceptors (Lipinski definition) is 2. The summed E-state index contributed by atoms with van der Waals surface area (Å²) in [5.74, 6) is -0.216. The zero-order valence-corrected chi connectivity index (χ0v) is 6.84. The molecule has 0 unspecified atom stereocenters. The van der Waals surface area contributed by atoms with E-state index in [1.54, 1.807) is 24.3 Å². The summed E-state index contributed by atoms with van der Waals surface area (Å²) >= 11 is 5.87. The maximum absolute atomic E-state index is 7.19. The molecular formula is C9H7ClN2. The Morgan fingerprint density at radius 2 is 2.17 bits per heavy atom. The Kier molecular flexibility index (Phi) is 1.08. The van der Waals surface area contributed by atoms with E-state index in [-0.39, 0.29) is 11.0 Å². The molecule has 1 aromatic carbocycles. The number of para-hydroxylation sites is 1. The van der Waals surface area contributed by atoms with Gasteiger partial charge < -0.3 is 0 Å². The quantitative estimate of drug-likeness (QED) is 0.584. The highest BCUT2D eigenvalue weighted by molar-refractivity contribution is 6.34. The number of fused-ring (bicyclic) bond motifs is 1. The minimum Gasteiger partial charge on any atom is -0.233 e. The average molecular weight is 182 g/mol. The smallest absolute Gasteiger partial charge is 0.140 e. The van der Waals surface area contributed by atoms with Gasteiger partial charge in [-0.1, -0.05) is 23.7 Å². The minimum absolute atomic E-state index is 0.173. The SMILES string of the molecule is [2H]C([2H])([2H])c1nc(Cl)c2ccccc2n1. The van der Waals surface area contributed by atoms with Crippen LogP contribution in [-0.4, -0.2) is 9.97 Å². The number of halogens is 1. The topological polar surface area (TPSA) is 25.8 Å². The summed E-state index contributed by atoms with van der Waals surface area (Å²) in [6.07, 6.45) is 0. The molecule has 0 fully saturated rings. The highest BCUT2D eigenvalue weighted by Gasteiger charge is 2.00. The van der Waals surface area contributed by atoms with Crippen molar-refractivity contribution in [3.63, 3.8) is 0 Å². The van der Waals surface area contributed by atoms with Crippen LogP contribution in [0.1, 0.15) is 9.94 Å². The number of hydrogen-bond donors (Lipinski definition) is 0. The van der Waals surface area contributed by atoms with Gasteiger partial charge in [-0.15, -0.1) is 0 Å². The highest BCUT2D eigenvalue weighted by Crippen LogP contribution is 2.18. The number of rotatable bonds is 0. The molecule has 12 heavy (non-hydrogen) atoms. The average Bonchev–Trinajstić information content (AvgIpc) is 2.16. The molecule has 0 bridgehead atoms. The predicted octanol–water partition coefficient (Wildman–Crippen LogP) is 2.59. The first-order chi connectivity index (χ1) is 6.98. The third kappa shape index (κ3) is 1.14. The van der Waals surface area contributed by atoms with E-state index < -0.39 is 6.85 Å². The Hall–Kier alpha value is -1.15. The molecule has 0 aliphatic heterocycles. The van der Waals surface area contributed by atoms with Gasteiger partial charge in [0.05, 0.1) is 5.52 Å². The van der Waals surface area contributed by atoms with Gasteiger partial charge >= 0.3 is 0 Å². The lowest BCUT2D eigenvalue weighted by Crippen LogP contribution is -1.89. The van der Waals surface area contributed by atoms with Crippen molar-refractivity contribution in [2.75, 3.05) is 0 Å². The second kappa shape index (κ2) is 2.72. The van der Waals surface area contributed by atoms with Gasteiger partial charge in [-0.2, -0.15) is 0 Å². The summed E-state index contributed by atoms with van der Waals surface area (Å²) in [6, 6.07) is 7.03. The van der Waals surface area contributed by atoms with E-state index in [0.717, 1.165) is 0 Å². The lowest BCUT2D eigenvalue weighted by Gasteiger charge is -1.99. The fourth-order valence-electron chi connectivity index (χ4n) is 1.04. The van der Waals surface area contributed by atoms with Gasteiger partial charge in [-0.25, -0.2) is 9.97 Å². The van der Waals surface area contributed by atoms with Crippen molar-refractivity contribution < 1.29 is 4.11 Å². The molecule has 2 aromatic rings. The molecule has 0 spiro atoms. The van der Waals surface area contributed by atoms with E-state index in [1.165, 1.54) is 0 Å². The van der Waals surface area contributed by atoms with Gasteiger partial charge in [-0.05, 0) is 19.0 Å². The summed E-state index contributed by atoms with van der Waals surface area (Å²) in [6.45, 7) is -2.33. The first kappa shape index (κ1) is 4.77. The van der Waals surface area contributed by atoms with Gasteiger partial charge in [0.2, 0.25) is 0 Å². The van der Waals surface area contributed by atoms with Crippen molar-refractivity contribution in [1.29, 1.82) is 0 Å². The molecule has 0 saturated carbocycles. The Morgan fingerprint density at radius 1 is 1.33 bits per heavy atom. The predicted molar refractivity (Wildman–Crippen MR) is 49.3 cm³/mol. The van der Waals surface area contributed by atoms with Crippen LogP contribution in [0.15, 0.2) is 24.3 Å². The summed E-state index contributed by atoms with van der Waals surface area (Å²) < 4.78 is 21.6. The van der Waals surface area contributed by atoms with E-state index >= 15 is 0 Å². The zero-order chi connectivity index (χ0) is 11.1. The van der Waals surface area contributed by atoms with Crippen molar-refractivity contribution in [3.8, 4) is 0 Å². The van der Waals surface area contributed by atoms with Crippen molar-refractivity contribution >= 4 is 22.5 Å².